The van der Waals surface area contributed by atoms with Gasteiger partial charge in [0.05, 0.1) is 0 Å². The van der Waals surface area contributed by atoms with E-state index in [1.807, 2.05) is 18.4 Å². The molecule has 2 heterocycles. The summed E-state index contributed by atoms with van der Waals surface area (Å²) < 4.78 is 26.8. The Morgan fingerprint density at radius 1 is 1.42 bits per heavy atom. The zero-order chi connectivity index (χ0) is 14.0. The molecule has 0 N–H and O–H groups in total. The second-order valence-corrected chi connectivity index (χ2v) is 8.09. The van der Waals surface area contributed by atoms with Gasteiger partial charge in [-0.2, -0.15) is 4.31 Å². The van der Waals surface area contributed by atoms with Gasteiger partial charge >= 0.3 is 0 Å². The third kappa shape index (κ3) is 3.22. The minimum atomic E-state index is -3.51. The number of halogens is 1. The van der Waals surface area contributed by atoms with Crippen molar-refractivity contribution in [3.63, 3.8) is 0 Å². The van der Waals surface area contributed by atoms with Crippen LogP contribution in [-0.2, 0) is 16.6 Å². The molecule has 0 aliphatic rings. The molecule has 0 aromatic carbocycles. The summed E-state index contributed by atoms with van der Waals surface area (Å²) in [7, 11) is -1.93. The molecule has 0 aliphatic carbocycles. The quantitative estimate of drug-likeness (QED) is 0.841. The zero-order valence-corrected chi connectivity index (χ0v) is 13.7. The van der Waals surface area contributed by atoms with Crippen LogP contribution in [-0.4, -0.2) is 24.8 Å². The van der Waals surface area contributed by atoms with Crippen molar-refractivity contribution in [2.45, 2.75) is 18.4 Å². The SMILES string of the molecule is Cc1ccsc1CN(C)S(=O)(=O)c1cncc(Br)c1. The first-order valence-corrected chi connectivity index (χ1v) is 8.62. The van der Waals surface area contributed by atoms with E-state index in [0.717, 1.165) is 10.4 Å². The predicted octanol–water partition coefficient (Wildman–Crippen LogP) is 3.03. The Morgan fingerprint density at radius 2 is 2.16 bits per heavy atom. The number of rotatable bonds is 4. The highest BCUT2D eigenvalue weighted by Crippen LogP contribution is 2.22. The Kier molecular flexibility index (Phi) is 4.39. The maximum atomic E-state index is 12.4. The van der Waals surface area contributed by atoms with Crippen molar-refractivity contribution in [2.75, 3.05) is 7.05 Å². The second kappa shape index (κ2) is 5.70. The molecule has 0 spiro atoms. The van der Waals surface area contributed by atoms with Crippen molar-refractivity contribution in [3.05, 3.63) is 44.8 Å². The van der Waals surface area contributed by atoms with E-state index in [2.05, 4.69) is 20.9 Å². The van der Waals surface area contributed by atoms with E-state index < -0.39 is 10.0 Å². The maximum Gasteiger partial charge on any atom is 0.244 e. The van der Waals surface area contributed by atoms with Gasteiger partial charge in [0.15, 0.2) is 0 Å². The highest BCUT2D eigenvalue weighted by molar-refractivity contribution is 9.10. The van der Waals surface area contributed by atoms with Gasteiger partial charge in [-0.25, -0.2) is 8.42 Å². The summed E-state index contributed by atoms with van der Waals surface area (Å²) in [4.78, 5) is 5.14. The number of pyridine rings is 1. The molecule has 2 aromatic heterocycles. The number of hydrogen-bond donors (Lipinski definition) is 0. The van der Waals surface area contributed by atoms with Crippen LogP contribution in [0.15, 0.2) is 39.3 Å². The molecular formula is C12H13BrN2O2S2. The van der Waals surface area contributed by atoms with Crippen molar-refractivity contribution in [1.82, 2.24) is 9.29 Å². The Bertz CT molecular complexity index is 683. The van der Waals surface area contributed by atoms with E-state index >= 15 is 0 Å². The highest BCUT2D eigenvalue weighted by atomic mass is 79.9. The van der Waals surface area contributed by atoms with Crippen molar-refractivity contribution in [3.8, 4) is 0 Å². The fourth-order valence-corrected chi connectivity index (χ4v) is 4.25. The van der Waals surface area contributed by atoms with Crippen LogP contribution in [0.25, 0.3) is 0 Å². The zero-order valence-electron chi connectivity index (χ0n) is 10.5. The van der Waals surface area contributed by atoms with Crippen LogP contribution >= 0.6 is 27.3 Å². The molecule has 7 heteroatoms. The molecule has 0 atom stereocenters. The summed E-state index contributed by atoms with van der Waals surface area (Å²) in [6.45, 7) is 2.35. The topological polar surface area (TPSA) is 50.3 Å². The van der Waals surface area contributed by atoms with E-state index in [1.165, 1.54) is 10.5 Å². The van der Waals surface area contributed by atoms with E-state index in [1.54, 1.807) is 30.6 Å². The Labute approximate surface area is 125 Å². The van der Waals surface area contributed by atoms with Crippen molar-refractivity contribution in [2.24, 2.45) is 0 Å². The minimum Gasteiger partial charge on any atom is -0.262 e. The molecular weight excluding hydrogens is 348 g/mol. The average molecular weight is 361 g/mol. The van der Waals surface area contributed by atoms with Crippen LogP contribution in [0.2, 0.25) is 0 Å². The van der Waals surface area contributed by atoms with Gasteiger partial charge in [-0.05, 0) is 45.9 Å². The Morgan fingerprint density at radius 3 is 2.74 bits per heavy atom. The molecule has 0 saturated heterocycles. The number of nitrogens with zero attached hydrogens (tertiary/aromatic N) is 2. The number of aryl methyl sites for hydroxylation is 1. The molecule has 0 fully saturated rings. The highest BCUT2D eigenvalue weighted by Gasteiger charge is 2.22. The fraction of sp³-hybridized carbons (Fsp3) is 0.250. The lowest BCUT2D eigenvalue weighted by Gasteiger charge is -2.16. The predicted molar refractivity (Wildman–Crippen MR) is 79.6 cm³/mol. The van der Waals surface area contributed by atoms with Gasteiger partial charge in [0, 0.05) is 35.3 Å². The number of hydrogen-bond acceptors (Lipinski definition) is 4. The fourth-order valence-electron chi connectivity index (χ4n) is 1.57. The first kappa shape index (κ1) is 14.6. The molecule has 0 bridgehead atoms. The Hall–Kier alpha value is -0.760. The lowest BCUT2D eigenvalue weighted by Crippen LogP contribution is -2.26. The van der Waals surface area contributed by atoms with Gasteiger partial charge in [0.1, 0.15) is 4.90 Å². The molecule has 0 unspecified atom stereocenters. The van der Waals surface area contributed by atoms with E-state index in [0.29, 0.717) is 11.0 Å². The molecule has 2 rings (SSSR count). The van der Waals surface area contributed by atoms with Crippen molar-refractivity contribution >= 4 is 37.3 Å². The molecule has 19 heavy (non-hydrogen) atoms. The normalized spacial score (nSPS) is 12.0. The molecule has 0 radical (unpaired) electrons. The smallest absolute Gasteiger partial charge is 0.244 e. The average Bonchev–Trinajstić information content (AvgIpc) is 2.75. The summed E-state index contributed by atoms with van der Waals surface area (Å²) in [6, 6.07) is 3.54. The summed E-state index contributed by atoms with van der Waals surface area (Å²) >= 11 is 4.79. The van der Waals surface area contributed by atoms with E-state index in [9.17, 15) is 8.42 Å². The number of aromatic nitrogens is 1. The van der Waals surface area contributed by atoms with Gasteiger partial charge in [-0.1, -0.05) is 0 Å². The maximum absolute atomic E-state index is 12.4. The summed E-state index contributed by atoms with van der Waals surface area (Å²) in [6.07, 6.45) is 2.92. The summed E-state index contributed by atoms with van der Waals surface area (Å²) in [5.41, 5.74) is 1.11. The minimum absolute atomic E-state index is 0.193. The molecule has 102 valence electrons. The monoisotopic (exact) mass is 360 g/mol. The summed E-state index contributed by atoms with van der Waals surface area (Å²) in [5.74, 6) is 0. The van der Waals surface area contributed by atoms with Gasteiger partial charge in [-0.3, -0.25) is 4.98 Å². The first-order valence-electron chi connectivity index (χ1n) is 5.51. The summed E-state index contributed by atoms with van der Waals surface area (Å²) in [5, 5.41) is 1.96. The van der Waals surface area contributed by atoms with Gasteiger partial charge in [-0.15, -0.1) is 11.3 Å². The van der Waals surface area contributed by atoms with Crippen molar-refractivity contribution < 1.29 is 8.42 Å². The standard InChI is InChI=1S/C12H13BrN2O2S2/c1-9-3-4-18-12(9)8-15(2)19(16,17)11-5-10(13)6-14-7-11/h3-7H,8H2,1-2H3. The van der Waals surface area contributed by atoms with Crippen LogP contribution in [0.3, 0.4) is 0 Å². The molecule has 0 aliphatic heterocycles. The number of thiophene rings is 1. The molecule has 2 aromatic rings. The largest absolute Gasteiger partial charge is 0.262 e. The Balaban J connectivity index is 2.27. The third-order valence-corrected chi connectivity index (χ3v) is 5.93. The van der Waals surface area contributed by atoms with E-state index in [-0.39, 0.29) is 4.90 Å². The van der Waals surface area contributed by atoms with Crippen LogP contribution < -0.4 is 0 Å². The van der Waals surface area contributed by atoms with Gasteiger partial charge < -0.3 is 0 Å². The lowest BCUT2D eigenvalue weighted by molar-refractivity contribution is 0.468. The van der Waals surface area contributed by atoms with Crippen molar-refractivity contribution in [1.29, 1.82) is 0 Å². The molecule has 0 amide bonds. The molecule has 0 saturated carbocycles. The third-order valence-electron chi connectivity index (χ3n) is 2.72. The van der Waals surface area contributed by atoms with E-state index in [4.69, 9.17) is 0 Å². The second-order valence-electron chi connectivity index (χ2n) is 4.13. The van der Waals surface area contributed by atoms with Gasteiger partial charge in [0.2, 0.25) is 10.0 Å². The van der Waals surface area contributed by atoms with Crippen LogP contribution in [0, 0.1) is 6.92 Å². The van der Waals surface area contributed by atoms with Crippen LogP contribution in [0.4, 0.5) is 0 Å². The van der Waals surface area contributed by atoms with Crippen LogP contribution in [0.5, 0.6) is 0 Å². The van der Waals surface area contributed by atoms with Gasteiger partial charge in [0.25, 0.3) is 0 Å². The lowest BCUT2D eigenvalue weighted by atomic mass is 10.3. The molecule has 4 nitrogen and oxygen atoms in total. The first-order chi connectivity index (χ1) is 8.91. The number of sulfonamides is 1. The van der Waals surface area contributed by atoms with Crippen LogP contribution in [0.1, 0.15) is 10.4 Å².